The first-order valence-electron chi connectivity index (χ1n) is 16.6. The predicted octanol–water partition coefficient (Wildman–Crippen LogP) is 10.7. The van der Waals surface area contributed by atoms with E-state index < -0.39 is 5.97 Å². The summed E-state index contributed by atoms with van der Waals surface area (Å²) >= 11 is 24.6. The van der Waals surface area contributed by atoms with Gasteiger partial charge in [0.1, 0.15) is 0 Å². The predicted molar refractivity (Wildman–Crippen MR) is 237 cm³/mol. The summed E-state index contributed by atoms with van der Waals surface area (Å²) < 4.78 is 4.48. The Morgan fingerprint density at radius 3 is 1.79 bits per heavy atom. The van der Waals surface area contributed by atoms with Crippen molar-refractivity contribution in [1.82, 2.24) is 29.9 Å². The zero-order chi connectivity index (χ0) is 40.5. The van der Waals surface area contributed by atoms with E-state index in [0.717, 1.165) is 53.1 Å². The van der Waals surface area contributed by atoms with Crippen molar-refractivity contribution >= 4 is 112 Å². The number of aromatic carboxylic acids is 1. The number of carbonyl (C=O) groups is 2. The third kappa shape index (κ3) is 11.7. The quantitative estimate of drug-likeness (QED) is 0.106. The Kier molecular flexibility index (Phi) is 14.9. The molecule has 0 fully saturated rings. The molecule has 8 heterocycles. The second-order valence-corrected chi connectivity index (χ2v) is 18.9. The van der Waals surface area contributed by atoms with E-state index in [1.54, 1.807) is 70.2 Å². The van der Waals surface area contributed by atoms with Crippen molar-refractivity contribution in [3.8, 4) is 22.5 Å². The number of hydrogen-bond donors (Lipinski definition) is 4. The molecule has 0 aliphatic carbocycles. The van der Waals surface area contributed by atoms with Crippen molar-refractivity contribution in [2.45, 2.75) is 25.7 Å². The van der Waals surface area contributed by atoms with Crippen LogP contribution in [-0.4, -0.2) is 46.9 Å². The number of nitrogens with one attached hydrogen (secondary N) is 3. The SMILES string of the molecule is O=C(O)c1ccsc1.O=C(c1ccsc1)n1nc(-c2cc(Br)c[nH]c2=O)cc1CCc1ccc(Cl)s1.O=c1[nH]cc(Br)cc1-c1cc(CCc2ccc(Cl)s2)[nH]n1. The van der Waals surface area contributed by atoms with Gasteiger partial charge in [-0.2, -0.15) is 32.9 Å². The minimum atomic E-state index is -0.855. The number of carboxylic acids is 1. The normalized spacial score (nSPS) is 10.7. The number of aromatic nitrogens is 6. The molecule has 4 N–H and O–H groups in total. The van der Waals surface area contributed by atoms with Gasteiger partial charge in [-0.3, -0.25) is 19.5 Å². The van der Waals surface area contributed by atoms with Crippen LogP contribution in [0.3, 0.4) is 0 Å². The second kappa shape index (κ2) is 20.0. The fourth-order valence-corrected chi connectivity index (χ4v) is 9.32. The van der Waals surface area contributed by atoms with Crippen LogP contribution in [0.4, 0.5) is 0 Å². The number of carbonyl (C=O) groups excluding carboxylic acids is 1. The zero-order valence-corrected chi connectivity index (χ0v) is 37.1. The number of H-pyrrole nitrogens is 3. The Morgan fingerprint density at radius 2 is 1.28 bits per heavy atom. The Hall–Kier alpha value is -4.20. The van der Waals surface area contributed by atoms with Crippen LogP contribution < -0.4 is 11.1 Å². The molecular formula is C38H28Br2Cl2N6O5S4. The number of rotatable bonds is 10. The molecule has 0 radical (unpaired) electrons. The first-order chi connectivity index (χ1) is 27.4. The van der Waals surface area contributed by atoms with Crippen molar-refractivity contribution in [1.29, 1.82) is 0 Å². The van der Waals surface area contributed by atoms with E-state index in [4.69, 9.17) is 28.3 Å². The van der Waals surface area contributed by atoms with E-state index in [9.17, 15) is 19.2 Å². The topological polar surface area (TPSA) is 167 Å². The lowest BCUT2D eigenvalue weighted by atomic mass is 10.1. The minimum Gasteiger partial charge on any atom is -0.478 e. The summed E-state index contributed by atoms with van der Waals surface area (Å²) in [6.45, 7) is 0. The molecule has 0 unspecified atom stereocenters. The van der Waals surface area contributed by atoms with Crippen molar-refractivity contribution < 1.29 is 14.7 Å². The van der Waals surface area contributed by atoms with Gasteiger partial charge in [0.15, 0.2) is 0 Å². The monoisotopic (exact) mass is 1000 g/mol. The lowest BCUT2D eigenvalue weighted by molar-refractivity contribution is 0.0697. The number of aryl methyl sites for hydroxylation is 4. The lowest BCUT2D eigenvalue weighted by Gasteiger charge is -2.04. The summed E-state index contributed by atoms with van der Waals surface area (Å²) in [5.74, 6) is -1.07. The summed E-state index contributed by atoms with van der Waals surface area (Å²) in [4.78, 5) is 54.8. The largest absolute Gasteiger partial charge is 0.478 e. The molecular weight excluding hydrogens is 979 g/mol. The van der Waals surface area contributed by atoms with Crippen LogP contribution in [0.2, 0.25) is 8.67 Å². The highest BCUT2D eigenvalue weighted by Gasteiger charge is 2.19. The van der Waals surface area contributed by atoms with Crippen molar-refractivity contribution in [3.05, 3.63) is 165 Å². The summed E-state index contributed by atoms with van der Waals surface area (Å²) in [7, 11) is 0. The minimum absolute atomic E-state index is 0.152. The first kappa shape index (κ1) is 42.4. The van der Waals surface area contributed by atoms with E-state index in [1.807, 2.05) is 35.7 Å². The smallest absolute Gasteiger partial charge is 0.336 e. The van der Waals surface area contributed by atoms with Crippen LogP contribution in [0.1, 0.15) is 41.9 Å². The molecule has 8 aromatic rings. The number of pyridine rings is 2. The Labute approximate surface area is 367 Å². The molecule has 0 atom stereocenters. The summed E-state index contributed by atoms with van der Waals surface area (Å²) in [6.07, 6.45) is 6.24. The summed E-state index contributed by atoms with van der Waals surface area (Å²) in [5, 5.41) is 26.9. The van der Waals surface area contributed by atoms with Crippen LogP contribution in [0, 0.1) is 0 Å². The van der Waals surface area contributed by atoms with E-state index in [-0.39, 0.29) is 17.0 Å². The van der Waals surface area contributed by atoms with Crippen LogP contribution in [0.5, 0.6) is 0 Å². The lowest BCUT2D eigenvalue weighted by Crippen LogP contribution is -2.16. The molecule has 292 valence electrons. The van der Waals surface area contributed by atoms with E-state index in [1.165, 1.54) is 43.6 Å². The number of hydrogen-bond acceptors (Lipinski definition) is 10. The number of nitrogens with zero attached hydrogens (tertiary/aromatic N) is 3. The van der Waals surface area contributed by atoms with Crippen molar-refractivity contribution in [2.75, 3.05) is 0 Å². The van der Waals surface area contributed by atoms with Crippen LogP contribution in [0.15, 0.2) is 113 Å². The molecule has 0 saturated carbocycles. The maximum Gasteiger partial charge on any atom is 0.336 e. The number of carboxylic acid groups (broad SMARTS) is 1. The Morgan fingerprint density at radius 1 is 0.719 bits per heavy atom. The molecule has 0 amide bonds. The van der Waals surface area contributed by atoms with Gasteiger partial charge in [0.2, 0.25) is 0 Å². The highest BCUT2D eigenvalue weighted by molar-refractivity contribution is 9.10. The molecule has 0 spiro atoms. The molecule has 0 aliphatic heterocycles. The van der Waals surface area contributed by atoms with Crippen LogP contribution in [0.25, 0.3) is 22.5 Å². The highest BCUT2D eigenvalue weighted by atomic mass is 79.9. The fourth-order valence-electron chi connectivity index (χ4n) is 5.20. The van der Waals surface area contributed by atoms with Gasteiger partial charge in [0.25, 0.3) is 17.0 Å². The van der Waals surface area contributed by atoms with Gasteiger partial charge in [-0.15, -0.1) is 22.7 Å². The summed E-state index contributed by atoms with van der Waals surface area (Å²) in [6, 6.07) is 18.3. The van der Waals surface area contributed by atoms with Crippen LogP contribution >= 0.6 is 100 Å². The van der Waals surface area contributed by atoms with Gasteiger partial charge in [-0.25, -0.2) is 9.48 Å². The first-order valence-corrected chi connectivity index (χ1v) is 22.5. The molecule has 57 heavy (non-hydrogen) atoms. The average Bonchev–Trinajstić information content (AvgIpc) is 4.05. The number of halogens is 4. The fraction of sp³-hybridized carbons (Fsp3) is 0.105. The highest BCUT2D eigenvalue weighted by Crippen LogP contribution is 2.26. The number of thiophene rings is 4. The maximum absolute atomic E-state index is 12.9. The van der Waals surface area contributed by atoms with Crippen LogP contribution in [-0.2, 0) is 25.7 Å². The second-order valence-electron chi connectivity index (χ2n) is 11.9. The molecule has 0 bridgehead atoms. The molecule has 19 heteroatoms. The summed E-state index contributed by atoms with van der Waals surface area (Å²) in [5.41, 5.74) is 4.34. The van der Waals surface area contributed by atoms with Crippen molar-refractivity contribution in [2.24, 2.45) is 0 Å². The number of aromatic amines is 3. The van der Waals surface area contributed by atoms with E-state index in [0.29, 0.717) is 40.1 Å². The Balaban J connectivity index is 0.000000166. The van der Waals surface area contributed by atoms with Crippen molar-refractivity contribution in [3.63, 3.8) is 0 Å². The molecule has 8 rings (SSSR count). The maximum atomic E-state index is 12.9. The molecule has 0 saturated heterocycles. The van der Waals surface area contributed by atoms with Gasteiger partial charge in [0, 0.05) is 53.2 Å². The zero-order valence-electron chi connectivity index (χ0n) is 29.1. The van der Waals surface area contributed by atoms with Gasteiger partial charge < -0.3 is 15.1 Å². The molecule has 8 aromatic heterocycles. The van der Waals surface area contributed by atoms with E-state index >= 15 is 0 Å². The van der Waals surface area contributed by atoms with Gasteiger partial charge in [0.05, 0.1) is 42.3 Å². The standard InChI is InChI=1S/C19H13BrClN3O2S2.C14H11BrClN3OS.C5H4O2S/c20-12-7-15(18(25)22-9-12)16-8-13(1-2-14-3-4-17(21)28-14)24(23-16)19(26)11-5-6-27-10-11;15-8-5-11(14(20)17-7-8)12-6-9(18-19-12)1-2-10-3-4-13(16)21-10;6-5(7)4-1-2-8-3-4/h3-10H,1-2H2,(H,22,25);3-7H,1-2H2,(H,17,20)(H,18,19);1-3H,(H,6,7). The molecule has 11 nitrogen and oxygen atoms in total. The van der Waals surface area contributed by atoms with E-state index in [2.05, 4.69) is 57.1 Å². The average molecular weight is 1010 g/mol. The molecule has 0 aromatic carbocycles. The Bertz CT molecular complexity index is 2720. The third-order valence-corrected chi connectivity index (χ3v) is 12.8. The van der Waals surface area contributed by atoms with Gasteiger partial charge >= 0.3 is 5.97 Å². The third-order valence-electron chi connectivity index (χ3n) is 7.96. The van der Waals surface area contributed by atoms with Gasteiger partial charge in [-0.05, 0) is 129 Å². The van der Waals surface area contributed by atoms with Gasteiger partial charge in [-0.1, -0.05) is 23.2 Å². The molecule has 0 aliphatic rings.